The highest BCUT2D eigenvalue weighted by atomic mass is 35.5. The Morgan fingerprint density at radius 3 is 3.00 bits per heavy atom. The third-order valence-electron chi connectivity index (χ3n) is 3.44. The summed E-state index contributed by atoms with van der Waals surface area (Å²) in [6.45, 7) is 4.15. The van der Waals surface area contributed by atoms with Gasteiger partial charge in [0.25, 0.3) is 0 Å². The van der Waals surface area contributed by atoms with Crippen LogP contribution in [0.4, 0.5) is 0 Å². The van der Waals surface area contributed by atoms with Crippen LogP contribution in [0.15, 0.2) is 12.1 Å². The lowest BCUT2D eigenvalue weighted by atomic mass is 9.95. The summed E-state index contributed by atoms with van der Waals surface area (Å²) in [7, 11) is 1.65. The van der Waals surface area contributed by atoms with Crippen LogP contribution in [0.2, 0.25) is 5.02 Å². The summed E-state index contributed by atoms with van der Waals surface area (Å²) in [5.41, 5.74) is 3.76. The summed E-state index contributed by atoms with van der Waals surface area (Å²) in [4.78, 5) is 3.44. The maximum absolute atomic E-state index is 6.14. The van der Waals surface area contributed by atoms with Crippen LogP contribution in [-0.2, 0) is 6.54 Å². The second kappa shape index (κ2) is 3.93. The molecule has 0 radical (unpaired) electrons. The van der Waals surface area contributed by atoms with Crippen molar-refractivity contribution >= 4 is 22.5 Å². The van der Waals surface area contributed by atoms with E-state index >= 15 is 0 Å². The maximum Gasteiger partial charge on any atom is 0.138 e. The number of rotatable bonds is 1. The second-order valence-electron chi connectivity index (χ2n) is 4.58. The van der Waals surface area contributed by atoms with Crippen molar-refractivity contribution < 1.29 is 4.74 Å². The number of fused-ring (bicyclic) bond motifs is 3. The normalized spacial score (nSPS) is 19.4. The summed E-state index contributed by atoms with van der Waals surface area (Å²) >= 11 is 6.14. The van der Waals surface area contributed by atoms with Gasteiger partial charge in [-0.2, -0.15) is 0 Å². The molecular weight excluding hydrogens is 236 g/mol. The third kappa shape index (κ3) is 1.61. The smallest absolute Gasteiger partial charge is 0.138 e. The van der Waals surface area contributed by atoms with Crippen LogP contribution in [0.5, 0.6) is 5.75 Å². The topological polar surface area (TPSA) is 37.0 Å². The molecule has 2 N–H and O–H groups in total. The molecule has 0 aliphatic carbocycles. The number of methoxy groups -OCH3 is 1. The minimum atomic E-state index is 0.512. The Morgan fingerprint density at radius 2 is 2.24 bits per heavy atom. The highest BCUT2D eigenvalue weighted by Gasteiger charge is 2.22. The molecule has 0 bridgehead atoms. The van der Waals surface area contributed by atoms with Crippen molar-refractivity contribution in [3.05, 3.63) is 28.4 Å². The van der Waals surface area contributed by atoms with Crippen LogP contribution in [0.1, 0.15) is 24.1 Å². The van der Waals surface area contributed by atoms with Gasteiger partial charge in [0.05, 0.1) is 12.1 Å². The first-order valence-electron chi connectivity index (χ1n) is 5.79. The van der Waals surface area contributed by atoms with E-state index in [-0.39, 0.29) is 0 Å². The molecule has 17 heavy (non-hydrogen) atoms. The average molecular weight is 251 g/mol. The number of hydrogen-bond acceptors (Lipinski definition) is 2. The van der Waals surface area contributed by atoms with Crippen molar-refractivity contribution in [3.8, 4) is 5.75 Å². The van der Waals surface area contributed by atoms with Crippen molar-refractivity contribution in [1.29, 1.82) is 0 Å². The standard InChI is InChI=1S/C13H15ClN2O/c1-7-5-15-6-11-13(7)8-3-12(17-2)9(14)4-10(8)16-11/h3-4,7,15-16H,5-6H2,1-2H3. The number of halogens is 1. The number of nitrogens with one attached hydrogen (secondary N) is 2. The molecule has 90 valence electrons. The molecule has 3 nitrogen and oxygen atoms in total. The largest absolute Gasteiger partial charge is 0.495 e. The molecule has 2 heterocycles. The summed E-state index contributed by atoms with van der Waals surface area (Å²) in [5.74, 6) is 1.25. The fourth-order valence-corrected chi connectivity index (χ4v) is 2.89. The van der Waals surface area contributed by atoms with E-state index in [1.165, 1.54) is 16.6 Å². The van der Waals surface area contributed by atoms with Gasteiger partial charge in [0, 0.05) is 29.7 Å². The Morgan fingerprint density at radius 1 is 1.41 bits per heavy atom. The first-order chi connectivity index (χ1) is 8.20. The van der Waals surface area contributed by atoms with Crippen LogP contribution in [0.3, 0.4) is 0 Å². The lowest BCUT2D eigenvalue weighted by Crippen LogP contribution is -2.26. The van der Waals surface area contributed by atoms with Gasteiger partial charge < -0.3 is 15.0 Å². The monoisotopic (exact) mass is 250 g/mol. The Balaban J connectivity index is 2.29. The lowest BCUT2D eigenvalue weighted by Gasteiger charge is -2.20. The van der Waals surface area contributed by atoms with Crippen molar-refractivity contribution in [2.45, 2.75) is 19.4 Å². The van der Waals surface area contributed by atoms with E-state index in [0.717, 1.165) is 24.4 Å². The molecule has 1 aromatic carbocycles. The van der Waals surface area contributed by atoms with E-state index < -0.39 is 0 Å². The number of benzene rings is 1. The van der Waals surface area contributed by atoms with E-state index in [9.17, 15) is 0 Å². The molecule has 0 amide bonds. The van der Waals surface area contributed by atoms with Gasteiger partial charge in [-0.1, -0.05) is 18.5 Å². The molecule has 4 heteroatoms. The fraction of sp³-hybridized carbons (Fsp3) is 0.385. The van der Waals surface area contributed by atoms with Crippen LogP contribution >= 0.6 is 11.6 Å². The number of hydrogen-bond donors (Lipinski definition) is 2. The number of H-pyrrole nitrogens is 1. The predicted octanol–water partition coefficient (Wildman–Crippen LogP) is 3.04. The van der Waals surface area contributed by atoms with Gasteiger partial charge in [-0.05, 0) is 23.6 Å². The highest BCUT2D eigenvalue weighted by molar-refractivity contribution is 6.32. The van der Waals surface area contributed by atoms with Gasteiger partial charge >= 0.3 is 0 Å². The summed E-state index contributed by atoms with van der Waals surface area (Å²) in [6.07, 6.45) is 0. The number of aromatic nitrogens is 1. The van der Waals surface area contributed by atoms with Gasteiger partial charge in [0.15, 0.2) is 0 Å². The van der Waals surface area contributed by atoms with E-state index in [4.69, 9.17) is 16.3 Å². The van der Waals surface area contributed by atoms with Gasteiger partial charge in [-0.15, -0.1) is 0 Å². The van der Waals surface area contributed by atoms with Gasteiger partial charge in [0.1, 0.15) is 5.75 Å². The van der Waals surface area contributed by atoms with Crippen molar-refractivity contribution in [1.82, 2.24) is 10.3 Å². The van der Waals surface area contributed by atoms with Gasteiger partial charge in [-0.3, -0.25) is 0 Å². The molecule has 0 spiro atoms. The molecule has 0 saturated carbocycles. The van der Waals surface area contributed by atoms with Crippen LogP contribution in [0, 0.1) is 0 Å². The number of aromatic amines is 1. The van der Waals surface area contributed by atoms with Gasteiger partial charge in [-0.25, -0.2) is 0 Å². The lowest BCUT2D eigenvalue weighted by molar-refractivity contribution is 0.415. The molecule has 3 rings (SSSR count). The fourth-order valence-electron chi connectivity index (χ4n) is 2.65. The molecule has 1 aromatic heterocycles. The summed E-state index contributed by atoms with van der Waals surface area (Å²) < 4.78 is 5.29. The predicted molar refractivity (Wildman–Crippen MR) is 70.0 cm³/mol. The Kier molecular flexibility index (Phi) is 2.53. The highest BCUT2D eigenvalue weighted by Crippen LogP contribution is 2.36. The second-order valence-corrected chi connectivity index (χ2v) is 4.99. The van der Waals surface area contributed by atoms with E-state index in [1.54, 1.807) is 7.11 Å². The Hall–Kier alpha value is -1.19. The van der Waals surface area contributed by atoms with Crippen LogP contribution in [-0.4, -0.2) is 18.6 Å². The average Bonchev–Trinajstić information content (AvgIpc) is 2.66. The Bertz CT molecular complexity index is 576. The van der Waals surface area contributed by atoms with Gasteiger partial charge in [0.2, 0.25) is 0 Å². The maximum atomic E-state index is 6.14. The third-order valence-corrected chi connectivity index (χ3v) is 3.73. The molecule has 1 atom stereocenters. The Labute approximate surface area is 105 Å². The summed E-state index contributed by atoms with van der Waals surface area (Å²) in [6, 6.07) is 3.98. The molecular formula is C13H15ClN2O. The minimum absolute atomic E-state index is 0.512. The minimum Gasteiger partial charge on any atom is -0.495 e. The molecule has 1 aliphatic heterocycles. The summed E-state index contributed by atoms with van der Waals surface area (Å²) in [5, 5.41) is 5.28. The SMILES string of the molecule is COc1cc2c3c([nH]c2cc1Cl)CNCC3C. The molecule has 2 aromatic rings. The quantitative estimate of drug-likeness (QED) is 0.816. The molecule has 0 fully saturated rings. The first-order valence-corrected chi connectivity index (χ1v) is 6.17. The van der Waals surface area contributed by atoms with E-state index in [2.05, 4.69) is 17.2 Å². The first kappa shape index (κ1) is 10.9. The molecule has 1 aliphatic rings. The zero-order valence-electron chi connectivity index (χ0n) is 9.93. The van der Waals surface area contributed by atoms with Crippen molar-refractivity contribution in [2.75, 3.05) is 13.7 Å². The zero-order chi connectivity index (χ0) is 12.0. The molecule has 0 saturated heterocycles. The zero-order valence-corrected chi connectivity index (χ0v) is 10.7. The van der Waals surface area contributed by atoms with Crippen molar-refractivity contribution in [2.24, 2.45) is 0 Å². The van der Waals surface area contributed by atoms with E-state index in [1.807, 2.05) is 12.1 Å². The molecule has 1 unspecified atom stereocenters. The number of ether oxygens (including phenoxy) is 1. The van der Waals surface area contributed by atoms with E-state index in [0.29, 0.717) is 10.9 Å². The van der Waals surface area contributed by atoms with Crippen LogP contribution < -0.4 is 10.1 Å². The van der Waals surface area contributed by atoms with Crippen molar-refractivity contribution in [3.63, 3.8) is 0 Å². The van der Waals surface area contributed by atoms with Crippen LogP contribution in [0.25, 0.3) is 10.9 Å².